The smallest absolute Gasteiger partial charge is 0.332 e. The maximum absolute atomic E-state index is 14.8. The highest BCUT2D eigenvalue weighted by atomic mass is 16.7. The summed E-state index contributed by atoms with van der Waals surface area (Å²) in [6.07, 6.45) is 8.93. The molecule has 2 N–H and O–H groups in total. The Bertz CT molecular complexity index is 1900. The van der Waals surface area contributed by atoms with E-state index in [4.69, 9.17) is 28.7 Å². The number of hydrogen-bond donors (Lipinski definition) is 2. The lowest BCUT2D eigenvalue weighted by atomic mass is 9.84. The van der Waals surface area contributed by atoms with Crippen LogP contribution in [0.5, 0.6) is 17.2 Å². The molecule has 8 rings (SSSR count). The lowest BCUT2D eigenvalue weighted by Gasteiger charge is -2.39. The topological polar surface area (TPSA) is 163 Å². The number of hydrogen-bond acceptors (Lipinski definition) is 11. The average molecular weight is 746 g/mol. The van der Waals surface area contributed by atoms with E-state index in [1.165, 1.54) is 4.90 Å². The van der Waals surface area contributed by atoms with Crippen molar-refractivity contribution in [1.82, 2.24) is 15.2 Å². The third kappa shape index (κ3) is 6.77. The molecule has 4 aliphatic heterocycles. The molecule has 6 atom stereocenters. The molecule has 0 bridgehead atoms. The van der Waals surface area contributed by atoms with E-state index in [-0.39, 0.29) is 57.0 Å². The number of ether oxygens (including phenoxy) is 5. The highest BCUT2D eigenvalue weighted by molar-refractivity contribution is 5.97. The summed E-state index contributed by atoms with van der Waals surface area (Å²) in [6, 6.07) is 2.64. The number of aliphatic hydroxyl groups is 1. The van der Waals surface area contributed by atoms with Gasteiger partial charge >= 0.3 is 11.9 Å². The first-order valence-electron chi connectivity index (χ1n) is 19.6. The Balaban J connectivity index is 1.18. The molecular formula is C41H51N3O10. The van der Waals surface area contributed by atoms with E-state index >= 15 is 0 Å². The molecule has 6 aliphatic rings. The van der Waals surface area contributed by atoms with Gasteiger partial charge in [0.2, 0.25) is 18.6 Å². The van der Waals surface area contributed by atoms with Crippen molar-refractivity contribution in [1.29, 1.82) is 0 Å². The molecule has 1 saturated heterocycles. The molecule has 1 aromatic carbocycles. The second-order valence-corrected chi connectivity index (χ2v) is 16.9. The standard InChI is InChI=1S/C41H51N3O10/c1-5-50-38(49)41-18-25(41)12-10-8-6-7-9-11-24(17-30(46)53-39(2,3)4)37(48)44-21-40(19-27(44)36(47)43-41)20-28(45)32-31-26(15-16-29-34(31)52-22-51-29)42-33(23-13-14-23)35(32)54-40/h10,12,15-16,23-25,27-28,45H,5-9,11,13-14,17-22H2,1-4H3,(H,43,47)/b12-10-/t24-,25-,27+,28?,40+,41-/m1/s1. The van der Waals surface area contributed by atoms with Gasteiger partial charge in [-0.05, 0) is 78.4 Å². The number of carbonyl (C=O) groups is 4. The van der Waals surface area contributed by atoms with Crippen molar-refractivity contribution in [3.8, 4) is 17.2 Å². The molecular weight excluding hydrogens is 694 g/mol. The molecule has 1 unspecified atom stereocenters. The third-order valence-electron chi connectivity index (χ3n) is 11.6. The number of allylic oxidation sites excluding steroid dienone is 1. The fourth-order valence-electron chi connectivity index (χ4n) is 8.89. The van der Waals surface area contributed by atoms with E-state index in [1.807, 2.05) is 24.3 Å². The summed E-state index contributed by atoms with van der Waals surface area (Å²) in [5.41, 5.74) is -1.15. The quantitative estimate of drug-likeness (QED) is 0.302. The zero-order chi connectivity index (χ0) is 38.0. The first-order valence-corrected chi connectivity index (χ1v) is 19.6. The second-order valence-electron chi connectivity index (χ2n) is 16.9. The Morgan fingerprint density at radius 1 is 1.06 bits per heavy atom. The van der Waals surface area contributed by atoms with Crippen molar-refractivity contribution in [2.24, 2.45) is 11.8 Å². The third-order valence-corrected chi connectivity index (χ3v) is 11.6. The Morgan fingerprint density at radius 2 is 1.87 bits per heavy atom. The minimum atomic E-state index is -1.24. The predicted molar refractivity (Wildman–Crippen MR) is 195 cm³/mol. The molecule has 290 valence electrons. The van der Waals surface area contributed by atoms with Crippen LogP contribution in [0.15, 0.2) is 24.3 Å². The number of esters is 2. The van der Waals surface area contributed by atoms with Crippen molar-refractivity contribution in [2.75, 3.05) is 19.9 Å². The van der Waals surface area contributed by atoms with Crippen LogP contribution in [0.4, 0.5) is 0 Å². The highest BCUT2D eigenvalue weighted by Gasteiger charge is 2.63. The lowest BCUT2D eigenvalue weighted by Crippen LogP contribution is -2.54. The lowest BCUT2D eigenvalue weighted by molar-refractivity contribution is -0.159. The maximum Gasteiger partial charge on any atom is 0.332 e. The van der Waals surface area contributed by atoms with Crippen molar-refractivity contribution in [3.05, 3.63) is 35.5 Å². The van der Waals surface area contributed by atoms with Crippen molar-refractivity contribution >= 4 is 34.7 Å². The minimum absolute atomic E-state index is 0.00434. The minimum Gasteiger partial charge on any atom is -0.483 e. The van der Waals surface area contributed by atoms with Crippen molar-refractivity contribution in [2.45, 2.75) is 133 Å². The summed E-state index contributed by atoms with van der Waals surface area (Å²) >= 11 is 0. The van der Waals surface area contributed by atoms with Crippen LogP contribution in [0.2, 0.25) is 0 Å². The number of aromatic nitrogens is 1. The van der Waals surface area contributed by atoms with Gasteiger partial charge in [0, 0.05) is 36.2 Å². The van der Waals surface area contributed by atoms with E-state index in [0.717, 1.165) is 37.8 Å². The van der Waals surface area contributed by atoms with E-state index in [9.17, 15) is 24.3 Å². The molecule has 1 aromatic heterocycles. The van der Waals surface area contributed by atoms with Gasteiger partial charge < -0.3 is 39.0 Å². The van der Waals surface area contributed by atoms with E-state index in [1.54, 1.807) is 27.7 Å². The summed E-state index contributed by atoms with van der Waals surface area (Å²) in [7, 11) is 0. The number of carbonyl (C=O) groups excluding carboxylic acids is 4. The molecule has 5 heterocycles. The van der Waals surface area contributed by atoms with Crippen LogP contribution < -0.4 is 19.5 Å². The van der Waals surface area contributed by atoms with Crippen LogP contribution in [0.1, 0.15) is 122 Å². The molecule has 13 heteroatoms. The molecule has 2 aliphatic carbocycles. The number of aliphatic hydroxyl groups excluding tert-OH is 1. The summed E-state index contributed by atoms with van der Waals surface area (Å²) < 4.78 is 29.7. The van der Waals surface area contributed by atoms with Gasteiger partial charge in [-0.3, -0.25) is 14.4 Å². The number of pyridine rings is 1. The molecule has 2 aromatic rings. The van der Waals surface area contributed by atoms with Crippen LogP contribution >= 0.6 is 0 Å². The van der Waals surface area contributed by atoms with E-state index in [0.29, 0.717) is 53.0 Å². The summed E-state index contributed by atoms with van der Waals surface area (Å²) in [5, 5.41) is 15.8. The van der Waals surface area contributed by atoms with Gasteiger partial charge in [-0.1, -0.05) is 25.0 Å². The average Bonchev–Trinajstić information content (AvgIpc) is 3.99. The zero-order valence-corrected chi connectivity index (χ0v) is 31.6. The van der Waals surface area contributed by atoms with Crippen LogP contribution in [0.25, 0.3) is 10.9 Å². The molecule has 0 radical (unpaired) electrons. The largest absolute Gasteiger partial charge is 0.483 e. The number of rotatable bonds is 5. The predicted octanol–water partition coefficient (Wildman–Crippen LogP) is 5.30. The molecule has 2 saturated carbocycles. The molecule has 2 amide bonds. The van der Waals surface area contributed by atoms with Crippen molar-refractivity contribution < 1.29 is 48.0 Å². The highest BCUT2D eigenvalue weighted by Crippen LogP contribution is 2.56. The molecule has 54 heavy (non-hydrogen) atoms. The Morgan fingerprint density at radius 3 is 2.63 bits per heavy atom. The molecule has 1 spiro atoms. The van der Waals surface area contributed by atoms with Gasteiger partial charge in [-0.2, -0.15) is 0 Å². The van der Waals surface area contributed by atoms with Gasteiger partial charge in [0.15, 0.2) is 11.5 Å². The molecule has 13 nitrogen and oxygen atoms in total. The molecule has 3 fully saturated rings. The number of nitrogens with one attached hydrogen (secondary N) is 1. The fraction of sp³-hybridized carbons (Fsp3) is 0.634. The van der Waals surface area contributed by atoms with Gasteiger partial charge in [0.25, 0.3) is 0 Å². The second kappa shape index (κ2) is 13.7. The number of benzene rings is 1. The monoisotopic (exact) mass is 745 g/mol. The zero-order valence-electron chi connectivity index (χ0n) is 31.6. The summed E-state index contributed by atoms with van der Waals surface area (Å²) in [5.74, 6) is -1.14. The Kier molecular flexibility index (Phi) is 9.30. The normalized spacial score (nSPS) is 31.3. The number of amides is 2. The van der Waals surface area contributed by atoms with Gasteiger partial charge in [0.05, 0.1) is 42.3 Å². The van der Waals surface area contributed by atoms with Gasteiger partial charge in [0.1, 0.15) is 28.5 Å². The van der Waals surface area contributed by atoms with Gasteiger partial charge in [-0.25, -0.2) is 9.78 Å². The van der Waals surface area contributed by atoms with Crippen LogP contribution in [-0.2, 0) is 28.7 Å². The SMILES string of the molecule is CCOC(=O)[C@@]12C[C@H]1/C=C\CCCCC[C@H](CC(=O)OC(C)(C)C)C(=O)N1C[C@@]3(CC(O)c4c(c(C5CC5)nc5ccc6c(c45)OCO6)O3)C[C@H]1C(=O)N2. The number of fused-ring (bicyclic) bond motifs is 7. The van der Waals surface area contributed by atoms with Crippen molar-refractivity contribution in [3.63, 3.8) is 0 Å². The number of nitrogens with zero attached hydrogens (tertiary/aromatic N) is 2. The first kappa shape index (κ1) is 36.6. The van der Waals surface area contributed by atoms with Crippen LogP contribution in [0, 0.1) is 11.8 Å². The van der Waals surface area contributed by atoms with E-state index in [2.05, 4.69) is 5.32 Å². The van der Waals surface area contributed by atoms with E-state index < -0.39 is 52.7 Å². The Labute approximate surface area is 315 Å². The summed E-state index contributed by atoms with van der Waals surface area (Å²) in [4.78, 5) is 62.6. The Hall–Kier alpha value is -4.39. The fourth-order valence-corrected chi connectivity index (χ4v) is 8.89. The van der Waals surface area contributed by atoms with Crippen LogP contribution in [-0.4, -0.2) is 81.5 Å². The maximum atomic E-state index is 14.8. The van der Waals surface area contributed by atoms with Crippen LogP contribution in [0.3, 0.4) is 0 Å². The van der Waals surface area contributed by atoms with Gasteiger partial charge in [-0.15, -0.1) is 0 Å². The first-order chi connectivity index (χ1) is 25.8. The summed E-state index contributed by atoms with van der Waals surface area (Å²) in [6.45, 7) is 7.30.